The van der Waals surface area contributed by atoms with Crippen LogP contribution in [0.5, 0.6) is 0 Å². The van der Waals surface area contributed by atoms with Crippen LogP contribution in [-0.4, -0.2) is 93.2 Å². The molecule has 0 radical (unpaired) electrons. The van der Waals surface area contributed by atoms with Gasteiger partial charge in [0.1, 0.15) is 5.82 Å². The monoisotopic (exact) mass is 617 g/mol. The minimum absolute atomic E-state index is 0.167. The van der Waals surface area contributed by atoms with Crippen molar-refractivity contribution in [1.82, 2.24) is 19.7 Å². The summed E-state index contributed by atoms with van der Waals surface area (Å²) in [4.78, 5) is 11.5. The Morgan fingerprint density at radius 3 is 1.59 bits per heavy atom. The zero-order valence-corrected chi connectivity index (χ0v) is 30.8. The highest BCUT2D eigenvalue weighted by Gasteiger charge is 2.58. The number of likely N-dealkylation sites (tertiary alicyclic amines) is 3. The largest absolute Gasteiger partial charge is 0.384 e. The smallest absolute Gasteiger partial charge is 0.123 e. The van der Waals surface area contributed by atoms with Gasteiger partial charge >= 0.3 is 0 Å². The Bertz CT molecular complexity index is 960. The van der Waals surface area contributed by atoms with Crippen LogP contribution in [0.3, 0.4) is 0 Å². The third-order valence-corrected chi connectivity index (χ3v) is 9.70. The minimum Gasteiger partial charge on any atom is -0.384 e. The summed E-state index contributed by atoms with van der Waals surface area (Å²) in [5.41, 5.74) is 25.8. The maximum absolute atomic E-state index is 6.10. The molecule has 1 aromatic rings. The molecule has 44 heavy (non-hydrogen) atoms. The van der Waals surface area contributed by atoms with Crippen molar-refractivity contribution in [2.75, 3.05) is 45.0 Å². The Morgan fingerprint density at radius 2 is 1.25 bits per heavy atom. The van der Waals surface area contributed by atoms with Gasteiger partial charge in [0.25, 0.3) is 0 Å². The van der Waals surface area contributed by atoms with E-state index in [0.717, 1.165) is 31.8 Å². The lowest BCUT2D eigenvalue weighted by Crippen LogP contribution is -2.51. The van der Waals surface area contributed by atoms with E-state index in [0.29, 0.717) is 34.5 Å². The molecule has 4 heterocycles. The summed E-state index contributed by atoms with van der Waals surface area (Å²) in [5, 5.41) is 0. The van der Waals surface area contributed by atoms with Gasteiger partial charge in [-0.1, -0.05) is 26.8 Å². The second kappa shape index (κ2) is 15.1. The average molecular weight is 617 g/mol. The molecule has 5 rings (SSSR count). The number of hydrogen-bond acceptors (Lipinski definition) is 8. The van der Waals surface area contributed by atoms with Crippen LogP contribution in [0.15, 0.2) is 18.3 Å². The van der Waals surface area contributed by atoms with E-state index in [2.05, 4.69) is 103 Å². The van der Waals surface area contributed by atoms with Crippen molar-refractivity contribution in [2.45, 2.75) is 155 Å². The minimum atomic E-state index is 0.167. The molecule has 0 spiro atoms. The first kappa shape index (κ1) is 38.9. The topological polar surface area (TPSA) is 127 Å². The van der Waals surface area contributed by atoms with E-state index >= 15 is 0 Å². The van der Waals surface area contributed by atoms with Crippen LogP contribution >= 0.6 is 0 Å². The number of anilines is 1. The predicted molar refractivity (Wildman–Crippen MR) is 191 cm³/mol. The van der Waals surface area contributed by atoms with Gasteiger partial charge in [0.15, 0.2) is 0 Å². The lowest BCUT2D eigenvalue weighted by molar-refractivity contribution is 0.0999. The first-order valence-corrected chi connectivity index (χ1v) is 17.2. The Labute approximate surface area is 272 Å². The molecule has 1 saturated carbocycles. The molecule has 4 fully saturated rings. The van der Waals surface area contributed by atoms with Gasteiger partial charge in [-0.3, -0.25) is 14.7 Å². The van der Waals surface area contributed by atoms with E-state index in [1.165, 1.54) is 51.0 Å². The third-order valence-electron chi connectivity index (χ3n) is 9.70. The lowest BCUT2D eigenvalue weighted by atomic mass is 9.88. The number of nitrogen functional groups attached to an aromatic ring is 1. The molecule has 0 amide bonds. The lowest BCUT2D eigenvalue weighted by Gasteiger charge is -2.40. The zero-order valence-electron chi connectivity index (χ0n) is 30.8. The molecule has 8 N–H and O–H groups in total. The molecular formula is C36H72N8. The fourth-order valence-corrected chi connectivity index (χ4v) is 6.08. The molecule has 1 aromatic heterocycles. The van der Waals surface area contributed by atoms with Crippen LogP contribution in [-0.2, 0) is 5.41 Å². The molecule has 0 bridgehead atoms. The molecule has 8 heteroatoms. The predicted octanol–water partition coefficient (Wildman–Crippen LogP) is 5.20. The van der Waals surface area contributed by atoms with Crippen molar-refractivity contribution in [3.05, 3.63) is 23.9 Å². The third kappa shape index (κ3) is 12.8. The van der Waals surface area contributed by atoms with Gasteiger partial charge in [0.2, 0.25) is 0 Å². The molecule has 8 nitrogen and oxygen atoms in total. The number of pyridine rings is 1. The molecule has 256 valence electrons. The van der Waals surface area contributed by atoms with E-state index in [9.17, 15) is 0 Å². The normalized spacial score (nSPS) is 27.2. The number of aromatic nitrogens is 1. The maximum atomic E-state index is 6.10. The molecule has 1 aliphatic carbocycles. The average Bonchev–Trinajstić information content (AvgIpc) is 3.39. The molecule has 3 unspecified atom stereocenters. The van der Waals surface area contributed by atoms with Crippen LogP contribution in [0.25, 0.3) is 0 Å². The van der Waals surface area contributed by atoms with Gasteiger partial charge in [-0.15, -0.1) is 0 Å². The quantitative estimate of drug-likeness (QED) is 0.314. The number of nitrogens with two attached hydrogens (primary N) is 4. The van der Waals surface area contributed by atoms with Crippen LogP contribution in [0, 0.1) is 5.92 Å². The number of nitrogens with zero attached hydrogens (tertiary/aromatic N) is 4. The van der Waals surface area contributed by atoms with Crippen molar-refractivity contribution in [2.24, 2.45) is 23.1 Å². The molecule has 3 atom stereocenters. The zero-order chi connectivity index (χ0) is 33.7. The van der Waals surface area contributed by atoms with Crippen LogP contribution in [0.4, 0.5) is 5.82 Å². The van der Waals surface area contributed by atoms with Crippen LogP contribution in [0.1, 0.15) is 121 Å². The summed E-state index contributed by atoms with van der Waals surface area (Å²) >= 11 is 0. The first-order chi connectivity index (χ1) is 19.9. The Kier molecular flexibility index (Phi) is 13.3. The summed E-state index contributed by atoms with van der Waals surface area (Å²) in [5.74, 6) is 1.39. The van der Waals surface area contributed by atoms with Crippen molar-refractivity contribution < 1.29 is 0 Å². The highest BCUT2D eigenvalue weighted by molar-refractivity contribution is 5.31. The van der Waals surface area contributed by atoms with Crippen molar-refractivity contribution >= 4 is 5.82 Å². The summed E-state index contributed by atoms with van der Waals surface area (Å²) < 4.78 is 0. The molecule has 3 aliphatic heterocycles. The van der Waals surface area contributed by atoms with E-state index in [4.69, 9.17) is 22.9 Å². The summed E-state index contributed by atoms with van der Waals surface area (Å²) in [6.45, 7) is 33.8. The van der Waals surface area contributed by atoms with Crippen LogP contribution < -0.4 is 22.9 Å². The standard InChI is InChI=1S/C9H18N2.C9H20N2.C9H14N2.C9H20N2/c1-8(2,3)11-5-7-4-9(7,10)6-11;1-9(2,3)11-6-4-8(10)5-7-11;1-9(2,3)7-4-5-8(10)11-6-7;1-9(2,3)11-6-4-5-8(10)7-11/h7H,4-6,10H2,1-3H3;8H,4-7,10H2,1-3H3;4-6H,1-3H3,(H2,10,11);8H,4-7,10H2,1-3H3. The van der Waals surface area contributed by atoms with Gasteiger partial charge in [-0.2, -0.15) is 0 Å². The van der Waals surface area contributed by atoms with Gasteiger partial charge < -0.3 is 22.9 Å². The van der Waals surface area contributed by atoms with Gasteiger partial charge in [-0.05, 0) is 124 Å². The van der Waals surface area contributed by atoms with Gasteiger partial charge in [0, 0.05) is 73.2 Å². The number of fused-ring (bicyclic) bond motifs is 1. The van der Waals surface area contributed by atoms with Crippen molar-refractivity contribution in [3.63, 3.8) is 0 Å². The molecule has 0 aromatic carbocycles. The van der Waals surface area contributed by atoms with E-state index in [1.807, 2.05) is 18.3 Å². The highest BCUT2D eigenvalue weighted by Crippen LogP contribution is 2.48. The summed E-state index contributed by atoms with van der Waals surface area (Å²) in [7, 11) is 0. The van der Waals surface area contributed by atoms with Crippen LogP contribution in [0.2, 0.25) is 0 Å². The number of piperidine rings is 3. The second-order valence-electron chi connectivity index (χ2n) is 17.9. The van der Waals surface area contributed by atoms with E-state index in [1.54, 1.807) is 0 Å². The van der Waals surface area contributed by atoms with Gasteiger partial charge in [-0.25, -0.2) is 4.98 Å². The first-order valence-electron chi connectivity index (χ1n) is 17.2. The van der Waals surface area contributed by atoms with Crippen molar-refractivity contribution in [3.8, 4) is 0 Å². The van der Waals surface area contributed by atoms with Gasteiger partial charge in [0.05, 0.1) is 0 Å². The van der Waals surface area contributed by atoms with E-state index in [-0.39, 0.29) is 11.0 Å². The maximum Gasteiger partial charge on any atom is 0.123 e. The number of hydrogen-bond donors (Lipinski definition) is 4. The SMILES string of the molecule is CC(C)(C)N1CC2CC2(N)C1.CC(C)(C)N1CCC(N)CC1.CC(C)(C)N1CCCC(N)C1.CC(C)(C)c1ccc(N)nc1. The summed E-state index contributed by atoms with van der Waals surface area (Å²) in [6.07, 6.45) is 7.88. The molecular weight excluding hydrogens is 544 g/mol. The molecule has 3 saturated heterocycles. The Hall–Kier alpha value is -1.29. The Morgan fingerprint density at radius 1 is 0.705 bits per heavy atom. The fourth-order valence-electron chi connectivity index (χ4n) is 6.08. The van der Waals surface area contributed by atoms with E-state index < -0.39 is 0 Å². The highest BCUT2D eigenvalue weighted by atomic mass is 15.3. The molecule has 4 aliphatic rings. The Balaban J connectivity index is 0.000000205. The fraction of sp³-hybridized carbons (Fsp3) is 0.861. The second-order valence-corrected chi connectivity index (χ2v) is 17.9. The number of rotatable bonds is 0. The van der Waals surface area contributed by atoms with Crippen molar-refractivity contribution in [1.29, 1.82) is 0 Å². The summed E-state index contributed by atoms with van der Waals surface area (Å²) in [6, 6.07) is 4.71.